The summed E-state index contributed by atoms with van der Waals surface area (Å²) in [5, 5.41) is 15.0. The molecular formula is C9H12N4O3. The molecule has 7 nitrogen and oxygen atoms in total. The van der Waals surface area contributed by atoms with Gasteiger partial charge in [0.1, 0.15) is 12.4 Å². The summed E-state index contributed by atoms with van der Waals surface area (Å²) in [5.74, 6) is -0.873. The number of aryl methyl sites for hydroxylation is 1. The Morgan fingerprint density at radius 1 is 1.56 bits per heavy atom. The first kappa shape index (κ1) is 10.6. The van der Waals surface area contributed by atoms with Crippen LogP contribution in [0.4, 0.5) is 0 Å². The number of nitrogens with one attached hydrogen (secondary N) is 1. The van der Waals surface area contributed by atoms with Gasteiger partial charge < -0.3 is 10.0 Å². The van der Waals surface area contributed by atoms with Crippen molar-refractivity contribution in [2.24, 2.45) is 0 Å². The number of rotatable bonds is 4. The highest BCUT2D eigenvalue weighted by Gasteiger charge is 2.35. The number of nitrogens with zero attached hydrogens (tertiary/aromatic N) is 3. The Bertz CT molecular complexity index is 424. The summed E-state index contributed by atoms with van der Waals surface area (Å²) in [6.45, 7) is 1.39. The second-order valence-corrected chi connectivity index (χ2v) is 3.80. The average Bonchev–Trinajstić information content (AvgIpc) is 2.96. The lowest BCUT2D eigenvalue weighted by molar-refractivity contribution is -0.137. The fraction of sp³-hybridized carbons (Fsp3) is 0.556. The van der Waals surface area contributed by atoms with Crippen molar-refractivity contribution in [2.45, 2.75) is 25.8 Å². The largest absolute Gasteiger partial charge is 0.480 e. The number of hydrogen-bond donors (Lipinski definition) is 2. The lowest BCUT2D eigenvalue weighted by Crippen LogP contribution is -2.38. The van der Waals surface area contributed by atoms with Crippen LogP contribution in [0.5, 0.6) is 0 Å². The van der Waals surface area contributed by atoms with Gasteiger partial charge in [-0.2, -0.15) is 0 Å². The number of carboxylic acids is 1. The highest BCUT2D eigenvalue weighted by atomic mass is 16.4. The first-order valence-electron chi connectivity index (χ1n) is 4.99. The number of carbonyl (C=O) groups excluding carboxylic acids is 1. The molecule has 0 aliphatic heterocycles. The Morgan fingerprint density at radius 3 is 2.69 bits per heavy atom. The van der Waals surface area contributed by atoms with Crippen molar-refractivity contribution in [1.82, 2.24) is 20.1 Å². The molecule has 1 aromatic heterocycles. The highest BCUT2D eigenvalue weighted by Crippen LogP contribution is 2.27. The van der Waals surface area contributed by atoms with Crippen LogP contribution in [0.25, 0.3) is 0 Å². The van der Waals surface area contributed by atoms with Crippen LogP contribution in [0.1, 0.15) is 29.3 Å². The number of carboxylic acid groups (broad SMARTS) is 1. The van der Waals surface area contributed by atoms with Gasteiger partial charge in [0.25, 0.3) is 5.91 Å². The molecule has 2 N–H and O–H groups in total. The normalized spacial score (nSPS) is 14.8. The highest BCUT2D eigenvalue weighted by molar-refractivity contribution is 5.92. The van der Waals surface area contributed by atoms with E-state index in [-0.39, 0.29) is 18.4 Å². The van der Waals surface area contributed by atoms with Gasteiger partial charge in [0.15, 0.2) is 0 Å². The summed E-state index contributed by atoms with van der Waals surface area (Å²) in [4.78, 5) is 27.7. The van der Waals surface area contributed by atoms with Crippen LogP contribution in [0, 0.1) is 6.92 Å². The first-order valence-corrected chi connectivity index (χ1v) is 4.99. The molecule has 1 aliphatic carbocycles. The summed E-state index contributed by atoms with van der Waals surface area (Å²) in [6.07, 6.45) is 1.70. The SMILES string of the molecule is Cc1nc(C(=O)N(CC(=O)O)C2CC2)n[nH]1. The van der Waals surface area contributed by atoms with Crippen LogP contribution < -0.4 is 0 Å². The summed E-state index contributed by atoms with van der Waals surface area (Å²) in [7, 11) is 0. The molecule has 1 saturated carbocycles. The summed E-state index contributed by atoms with van der Waals surface area (Å²) in [5.41, 5.74) is 0. The van der Waals surface area contributed by atoms with E-state index in [0.29, 0.717) is 5.82 Å². The minimum Gasteiger partial charge on any atom is -0.480 e. The van der Waals surface area contributed by atoms with Crippen molar-refractivity contribution in [2.75, 3.05) is 6.54 Å². The molecular weight excluding hydrogens is 212 g/mol. The number of hydrogen-bond acceptors (Lipinski definition) is 4. The Balaban J connectivity index is 2.13. The van der Waals surface area contributed by atoms with Gasteiger partial charge in [-0.3, -0.25) is 14.7 Å². The van der Waals surface area contributed by atoms with E-state index in [0.717, 1.165) is 12.8 Å². The summed E-state index contributed by atoms with van der Waals surface area (Å²) >= 11 is 0. The molecule has 1 fully saturated rings. The van der Waals surface area contributed by atoms with Gasteiger partial charge in [-0.1, -0.05) is 0 Å². The van der Waals surface area contributed by atoms with E-state index in [9.17, 15) is 9.59 Å². The van der Waals surface area contributed by atoms with Gasteiger partial charge in [-0.15, -0.1) is 5.10 Å². The third-order valence-corrected chi connectivity index (χ3v) is 2.34. The van der Waals surface area contributed by atoms with Gasteiger partial charge >= 0.3 is 5.97 Å². The third-order valence-electron chi connectivity index (χ3n) is 2.34. The molecule has 7 heteroatoms. The van der Waals surface area contributed by atoms with Gasteiger partial charge in [0, 0.05) is 6.04 Å². The zero-order valence-corrected chi connectivity index (χ0v) is 8.80. The number of aromatic amines is 1. The van der Waals surface area contributed by atoms with Crippen molar-refractivity contribution in [3.63, 3.8) is 0 Å². The Hall–Kier alpha value is -1.92. The number of amides is 1. The molecule has 1 aliphatic rings. The standard InChI is InChI=1S/C9H12N4O3/c1-5-10-8(12-11-5)9(16)13(4-7(14)15)6-2-3-6/h6H,2-4H2,1H3,(H,14,15)(H,10,11,12). The van der Waals surface area contributed by atoms with Crippen molar-refractivity contribution in [3.8, 4) is 0 Å². The smallest absolute Gasteiger partial charge is 0.323 e. The van der Waals surface area contributed by atoms with Gasteiger partial charge in [0.05, 0.1) is 0 Å². The fourth-order valence-corrected chi connectivity index (χ4v) is 1.47. The van der Waals surface area contributed by atoms with Crippen LogP contribution in [0.2, 0.25) is 0 Å². The molecule has 1 aromatic rings. The molecule has 1 heterocycles. The first-order chi connectivity index (χ1) is 7.58. The molecule has 0 radical (unpaired) electrons. The average molecular weight is 224 g/mol. The minimum absolute atomic E-state index is 0.0300. The topological polar surface area (TPSA) is 99.2 Å². The van der Waals surface area contributed by atoms with E-state index in [1.165, 1.54) is 4.90 Å². The van der Waals surface area contributed by atoms with Crippen LogP contribution in [0.15, 0.2) is 0 Å². The van der Waals surface area contributed by atoms with Gasteiger partial charge in [-0.05, 0) is 19.8 Å². The van der Waals surface area contributed by atoms with Crippen molar-refractivity contribution in [3.05, 3.63) is 11.6 Å². The Labute approximate surface area is 91.5 Å². The molecule has 2 rings (SSSR count). The molecule has 0 spiro atoms. The second-order valence-electron chi connectivity index (χ2n) is 3.80. The van der Waals surface area contributed by atoms with E-state index < -0.39 is 11.9 Å². The van der Waals surface area contributed by atoms with Crippen molar-refractivity contribution in [1.29, 1.82) is 0 Å². The molecule has 0 aromatic carbocycles. The zero-order chi connectivity index (χ0) is 11.7. The number of H-pyrrole nitrogens is 1. The van der Waals surface area contributed by atoms with Crippen molar-refractivity contribution >= 4 is 11.9 Å². The maximum atomic E-state index is 11.9. The van der Waals surface area contributed by atoms with E-state index in [4.69, 9.17) is 5.11 Å². The molecule has 86 valence electrons. The fourth-order valence-electron chi connectivity index (χ4n) is 1.47. The molecule has 0 saturated heterocycles. The van der Waals surface area contributed by atoms with E-state index >= 15 is 0 Å². The zero-order valence-electron chi connectivity index (χ0n) is 8.80. The summed E-state index contributed by atoms with van der Waals surface area (Å²) in [6, 6.07) is 0.0300. The van der Waals surface area contributed by atoms with Crippen LogP contribution >= 0.6 is 0 Å². The lowest BCUT2D eigenvalue weighted by atomic mass is 10.4. The number of aliphatic carboxylic acids is 1. The molecule has 0 unspecified atom stereocenters. The second kappa shape index (κ2) is 3.92. The minimum atomic E-state index is -1.02. The van der Waals surface area contributed by atoms with E-state index in [2.05, 4.69) is 15.2 Å². The van der Waals surface area contributed by atoms with E-state index in [1.807, 2.05) is 0 Å². The Morgan fingerprint density at radius 2 is 2.25 bits per heavy atom. The van der Waals surface area contributed by atoms with Gasteiger partial charge in [-0.25, -0.2) is 4.98 Å². The predicted molar refractivity (Wildman–Crippen MR) is 52.8 cm³/mol. The predicted octanol–water partition coefficient (Wildman–Crippen LogP) is -0.198. The lowest BCUT2D eigenvalue weighted by Gasteiger charge is -2.17. The van der Waals surface area contributed by atoms with Gasteiger partial charge in [0.2, 0.25) is 5.82 Å². The maximum absolute atomic E-state index is 11.9. The molecule has 0 atom stereocenters. The Kier molecular flexibility index (Phi) is 2.59. The van der Waals surface area contributed by atoms with Crippen LogP contribution in [-0.4, -0.2) is 49.7 Å². The third kappa shape index (κ3) is 2.18. The maximum Gasteiger partial charge on any atom is 0.323 e. The summed E-state index contributed by atoms with van der Waals surface area (Å²) < 4.78 is 0. The molecule has 0 bridgehead atoms. The monoisotopic (exact) mass is 224 g/mol. The van der Waals surface area contributed by atoms with Crippen LogP contribution in [0.3, 0.4) is 0 Å². The van der Waals surface area contributed by atoms with E-state index in [1.54, 1.807) is 6.92 Å². The van der Waals surface area contributed by atoms with Crippen LogP contribution in [-0.2, 0) is 4.79 Å². The number of aromatic nitrogens is 3. The molecule has 1 amide bonds. The quantitative estimate of drug-likeness (QED) is 0.738. The number of carbonyl (C=O) groups is 2. The molecule has 16 heavy (non-hydrogen) atoms. The van der Waals surface area contributed by atoms with Crippen molar-refractivity contribution < 1.29 is 14.7 Å².